The summed E-state index contributed by atoms with van der Waals surface area (Å²) in [5.74, 6) is -0.830. The normalized spacial score (nSPS) is 16.4. The van der Waals surface area contributed by atoms with Crippen molar-refractivity contribution in [1.29, 1.82) is 0 Å². The second-order valence-electron chi connectivity index (χ2n) is 7.26. The van der Waals surface area contributed by atoms with Crippen LogP contribution in [-0.2, 0) is 16.0 Å². The number of carbonyl (C=O) groups is 2. The van der Waals surface area contributed by atoms with E-state index in [1.807, 2.05) is 26.8 Å². The van der Waals surface area contributed by atoms with Gasteiger partial charge < -0.3 is 14.0 Å². The number of ether oxygens (including phenoxy) is 2. The first-order valence-electron chi connectivity index (χ1n) is 9.61. The molecule has 9 nitrogen and oxygen atoms in total. The Balaban J connectivity index is 1.43. The average molecular weight is 397 g/mol. The lowest BCUT2D eigenvalue weighted by Crippen LogP contribution is -2.18. The number of hydrogen-bond acceptors (Lipinski definition) is 7. The Labute approximate surface area is 167 Å². The van der Waals surface area contributed by atoms with Crippen molar-refractivity contribution in [1.82, 2.24) is 24.1 Å². The number of rotatable bonds is 6. The van der Waals surface area contributed by atoms with Gasteiger partial charge in [-0.05, 0) is 45.7 Å². The third-order valence-electron chi connectivity index (χ3n) is 5.23. The van der Waals surface area contributed by atoms with E-state index in [9.17, 15) is 9.59 Å². The zero-order valence-corrected chi connectivity index (χ0v) is 16.7. The molecule has 29 heavy (non-hydrogen) atoms. The van der Waals surface area contributed by atoms with E-state index >= 15 is 0 Å². The maximum absolute atomic E-state index is 12.7. The summed E-state index contributed by atoms with van der Waals surface area (Å²) in [6, 6.07) is 3.59. The number of fused-ring (bicyclic) bond motifs is 1. The number of Topliss-reactive ketones (excluding diaryl/α,β-unsaturated/α-hetero) is 1. The molecule has 1 saturated heterocycles. The molecule has 3 aromatic heterocycles. The topological polar surface area (TPSA) is 101 Å². The third-order valence-corrected chi connectivity index (χ3v) is 5.23. The summed E-state index contributed by atoms with van der Waals surface area (Å²) in [5.41, 5.74) is 3.17. The summed E-state index contributed by atoms with van der Waals surface area (Å²) in [6.07, 6.45) is 3.86. The molecule has 0 saturated carbocycles. The van der Waals surface area contributed by atoms with Crippen LogP contribution in [0, 0.1) is 20.8 Å². The molecule has 9 heteroatoms. The minimum absolute atomic E-state index is 0.122. The van der Waals surface area contributed by atoms with Crippen molar-refractivity contribution in [3.63, 3.8) is 0 Å². The van der Waals surface area contributed by atoms with E-state index in [0.29, 0.717) is 11.3 Å². The predicted octanol–water partition coefficient (Wildman–Crippen LogP) is 2.07. The van der Waals surface area contributed by atoms with Crippen LogP contribution in [0.25, 0.3) is 5.78 Å². The van der Waals surface area contributed by atoms with Crippen LogP contribution < -0.4 is 0 Å². The maximum Gasteiger partial charge on any atom is 0.378 e. The minimum Gasteiger partial charge on any atom is -0.451 e. The Kier molecular flexibility index (Phi) is 5.14. The molecule has 0 bridgehead atoms. The highest BCUT2D eigenvalue weighted by Crippen LogP contribution is 2.21. The number of esters is 1. The highest BCUT2D eigenvalue weighted by atomic mass is 16.5. The standard InChI is InChI=1S/C20H23N5O4/c1-12-6-7-21-20-22-18(23-25(12)20)19(27)29-11-17(26)16-9-13(2)24(14(16)3)10-15-5-4-8-28-15/h6-7,9,15H,4-5,8,10-11H2,1-3H3/t15-/m1/s1. The molecular formula is C20H23N5O4. The average Bonchev–Trinajstić information content (AvgIpc) is 3.42. The van der Waals surface area contributed by atoms with Crippen molar-refractivity contribution < 1.29 is 19.1 Å². The van der Waals surface area contributed by atoms with Crippen molar-refractivity contribution in [2.45, 2.75) is 46.3 Å². The largest absolute Gasteiger partial charge is 0.451 e. The van der Waals surface area contributed by atoms with Crippen molar-refractivity contribution >= 4 is 17.5 Å². The van der Waals surface area contributed by atoms with E-state index in [1.165, 1.54) is 4.52 Å². The smallest absolute Gasteiger partial charge is 0.378 e. The lowest BCUT2D eigenvalue weighted by Gasteiger charge is -2.14. The molecule has 1 fully saturated rings. The molecular weight excluding hydrogens is 374 g/mol. The zero-order chi connectivity index (χ0) is 20.5. The Morgan fingerprint density at radius 1 is 1.28 bits per heavy atom. The van der Waals surface area contributed by atoms with Gasteiger partial charge in [0.2, 0.25) is 5.78 Å². The minimum atomic E-state index is -0.753. The van der Waals surface area contributed by atoms with Crippen LogP contribution >= 0.6 is 0 Å². The number of aryl methyl sites for hydroxylation is 2. The fourth-order valence-electron chi connectivity index (χ4n) is 3.62. The van der Waals surface area contributed by atoms with Crippen LogP contribution in [0.3, 0.4) is 0 Å². The summed E-state index contributed by atoms with van der Waals surface area (Å²) in [5, 5.41) is 4.10. The van der Waals surface area contributed by atoms with Crippen LogP contribution in [0.4, 0.5) is 0 Å². The number of aromatic nitrogens is 5. The fraction of sp³-hybridized carbons (Fsp3) is 0.450. The lowest BCUT2D eigenvalue weighted by atomic mass is 10.1. The Morgan fingerprint density at radius 3 is 2.83 bits per heavy atom. The van der Waals surface area contributed by atoms with Crippen LogP contribution in [0.1, 0.15) is 50.9 Å². The SMILES string of the molecule is Cc1cc(C(=O)COC(=O)c2nc3nccc(C)n3n2)c(C)n1C[C@H]1CCCO1. The highest BCUT2D eigenvalue weighted by Gasteiger charge is 2.23. The van der Waals surface area contributed by atoms with Crippen molar-refractivity contribution in [2.24, 2.45) is 0 Å². The highest BCUT2D eigenvalue weighted by molar-refractivity contribution is 6.00. The van der Waals surface area contributed by atoms with Crippen LogP contribution in [0.2, 0.25) is 0 Å². The first kappa shape index (κ1) is 19.3. The van der Waals surface area contributed by atoms with E-state index < -0.39 is 5.97 Å². The van der Waals surface area contributed by atoms with Crippen LogP contribution in [-0.4, -0.2) is 55.2 Å². The molecule has 1 aliphatic heterocycles. The first-order valence-corrected chi connectivity index (χ1v) is 9.61. The number of carbonyl (C=O) groups excluding carboxylic acids is 2. The molecule has 0 radical (unpaired) electrons. The Morgan fingerprint density at radius 2 is 2.10 bits per heavy atom. The molecule has 3 aromatic rings. The molecule has 0 unspecified atom stereocenters. The molecule has 4 rings (SSSR count). The van der Waals surface area contributed by atoms with Gasteiger partial charge in [0, 0.05) is 42.0 Å². The molecule has 0 amide bonds. The summed E-state index contributed by atoms with van der Waals surface area (Å²) < 4.78 is 14.4. The van der Waals surface area contributed by atoms with Gasteiger partial charge in [0.25, 0.3) is 11.6 Å². The van der Waals surface area contributed by atoms with Crippen molar-refractivity contribution in [3.8, 4) is 0 Å². The van der Waals surface area contributed by atoms with E-state index in [1.54, 1.807) is 12.3 Å². The summed E-state index contributed by atoms with van der Waals surface area (Å²) in [6.45, 7) is 6.83. The van der Waals surface area contributed by atoms with E-state index in [2.05, 4.69) is 19.6 Å². The predicted molar refractivity (Wildman–Crippen MR) is 103 cm³/mol. The van der Waals surface area contributed by atoms with Gasteiger partial charge >= 0.3 is 5.97 Å². The van der Waals surface area contributed by atoms with Gasteiger partial charge in [0.1, 0.15) is 0 Å². The van der Waals surface area contributed by atoms with Gasteiger partial charge in [0.05, 0.1) is 6.10 Å². The Bertz CT molecular complexity index is 1080. The third kappa shape index (κ3) is 3.77. The van der Waals surface area contributed by atoms with Crippen molar-refractivity contribution in [3.05, 3.63) is 46.8 Å². The van der Waals surface area contributed by atoms with Gasteiger partial charge in [-0.2, -0.15) is 4.98 Å². The molecule has 0 aromatic carbocycles. The van der Waals surface area contributed by atoms with Crippen molar-refractivity contribution in [2.75, 3.05) is 13.2 Å². The molecule has 0 aliphatic carbocycles. The van der Waals surface area contributed by atoms with Gasteiger partial charge in [-0.15, -0.1) is 5.10 Å². The van der Waals surface area contributed by atoms with Crippen LogP contribution in [0.15, 0.2) is 18.3 Å². The fourth-order valence-corrected chi connectivity index (χ4v) is 3.62. The summed E-state index contributed by atoms with van der Waals surface area (Å²) >= 11 is 0. The second-order valence-corrected chi connectivity index (χ2v) is 7.26. The zero-order valence-electron chi connectivity index (χ0n) is 16.7. The molecule has 4 heterocycles. The maximum atomic E-state index is 12.7. The molecule has 0 N–H and O–H groups in total. The summed E-state index contributed by atoms with van der Waals surface area (Å²) in [4.78, 5) is 33.0. The molecule has 1 atom stereocenters. The first-order chi connectivity index (χ1) is 13.9. The molecule has 152 valence electrons. The second kappa shape index (κ2) is 7.75. The monoisotopic (exact) mass is 397 g/mol. The van der Waals surface area contributed by atoms with Gasteiger partial charge in [0.15, 0.2) is 6.61 Å². The van der Waals surface area contributed by atoms with Gasteiger partial charge in [-0.25, -0.2) is 14.3 Å². The number of hydrogen-bond donors (Lipinski definition) is 0. The van der Waals surface area contributed by atoms with E-state index in [4.69, 9.17) is 9.47 Å². The van der Waals surface area contributed by atoms with Crippen LogP contribution in [0.5, 0.6) is 0 Å². The number of ketones is 1. The number of nitrogens with zero attached hydrogens (tertiary/aromatic N) is 5. The molecule has 0 spiro atoms. The van der Waals surface area contributed by atoms with E-state index in [-0.39, 0.29) is 24.3 Å². The van der Waals surface area contributed by atoms with Gasteiger partial charge in [-0.3, -0.25) is 4.79 Å². The quantitative estimate of drug-likeness (QED) is 0.464. The van der Waals surface area contributed by atoms with E-state index in [0.717, 1.165) is 43.1 Å². The Hall–Kier alpha value is -3.07. The molecule has 1 aliphatic rings. The van der Waals surface area contributed by atoms with Gasteiger partial charge in [-0.1, -0.05) is 0 Å². The summed E-state index contributed by atoms with van der Waals surface area (Å²) in [7, 11) is 0. The lowest BCUT2D eigenvalue weighted by molar-refractivity contribution is 0.0462.